The molecule has 18 heavy (non-hydrogen) atoms. The van der Waals surface area contributed by atoms with Crippen molar-refractivity contribution in [1.29, 1.82) is 0 Å². The van der Waals surface area contributed by atoms with Crippen LogP contribution in [-0.4, -0.2) is 43.5 Å². The fourth-order valence-corrected chi connectivity index (χ4v) is 3.70. The molecule has 0 aromatic rings. The summed E-state index contributed by atoms with van der Waals surface area (Å²) in [7, 11) is -2.92. The standard InChI is InChI=1S/C14H27NO2S/c1-4-5-6-7-8-10-15-11-9-14(2,3)18(16,17)13-12-15/h4H,1,5-13H2,2-3H3. The number of rotatable bonds is 6. The summed E-state index contributed by atoms with van der Waals surface area (Å²) >= 11 is 0. The molecule has 1 saturated heterocycles. The molecule has 106 valence electrons. The van der Waals surface area contributed by atoms with Gasteiger partial charge < -0.3 is 4.90 Å². The van der Waals surface area contributed by atoms with Gasteiger partial charge in [0.25, 0.3) is 0 Å². The van der Waals surface area contributed by atoms with Crippen LogP contribution in [0.4, 0.5) is 0 Å². The van der Waals surface area contributed by atoms with E-state index >= 15 is 0 Å². The van der Waals surface area contributed by atoms with Crippen molar-refractivity contribution in [2.45, 2.75) is 50.7 Å². The van der Waals surface area contributed by atoms with Crippen LogP contribution < -0.4 is 0 Å². The van der Waals surface area contributed by atoms with Gasteiger partial charge >= 0.3 is 0 Å². The van der Waals surface area contributed by atoms with Gasteiger partial charge in [-0.3, -0.25) is 0 Å². The van der Waals surface area contributed by atoms with Crippen molar-refractivity contribution in [3.05, 3.63) is 12.7 Å². The van der Waals surface area contributed by atoms with Crippen molar-refractivity contribution in [3.8, 4) is 0 Å². The van der Waals surface area contributed by atoms with Gasteiger partial charge in [-0.15, -0.1) is 6.58 Å². The molecule has 0 radical (unpaired) electrons. The molecule has 1 rings (SSSR count). The molecule has 0 spiro atoms. The number of sulfone groups is 1. The van der Waals surface area contributed by atoms with Gasteiger partial charge in [0.15, 0.2) is 9.84 Å². The summed E-state index contributed by atoms with van der Waals surface area (Å²) < 4.78 is 23.5. The Bertz CT molecular complexity index is 360. The summed E-state index contributed by atoms with van der Waals surface area (Å²) in [5.74, 6) is 0.312. The topological polar surface area (TPSA) is 37.4 Å². The number of nitrogens with zero attached hydrogens (tertiary/aromatic N) is 1. The molecule has 4 heteroatoms. The third-order valence-electron chi connectivity index (χ3n) is 3.93. The molecule has 0 amide bonds. The van der Waals surface area contributed by atoms with Gasteiger partial charge in [-0.25, -0.2) is 8.42 Å². The van der Waals surface area contributed by atoms with E-state index in [1.54, 1.807) is 0 Å². The summed E-state index contributed by atoms with van der Waals surface area (Å²) in [6.07, 6.45) is 7.36. The fraction of sp³-hybridized carbons (Fsp3) is 0.857. The van der Waals surface area contributed by atoms with Crippen molar-refractivity contribution in [2.75, 3.05) is 25.4 Å². The first kappa shape index (κ1) is 15.7. The van der Waals surface area contributed by atoms with Gasteiger partial charge in [-0.05, 0) is 52.6 Å². The minimum atomic E-state index is -2.92. The van der Waals surface area contributed by atoms with Crippen molar-refractivity contribution in [3.63, 3.8) is 0 Å². The van der Waals surface area contributed by atoms with E-state index in [4.69, 9.17) is 0 Å². The van der Waals surface area contributed by atoms with Gasteiger partial charge in [0.05, 0.1) is 10.5 Å². The summed E-state index contributed by atoms with van der Waals surface area (Å²) in [6.45, 7) is 10.1. The Morgan fingerprint density at radius 3 is 2.61 bits per heavy atom. The van der Waals surface area contributed by atoms with Crippen LogP contribution in [0.5, 0.6) is 0 Å². The van der Waals surface area contributed by atoms with Crippen LogP contribution in [0.25, 0.3) is 0 Å². The van der Waals surface area contributed by atoms with E-state index in [0.717, 1.165) is 32.4 Å². The molecule has 0 bridgehead atoms. The van der Waals surface area contributed by atoms with E-state index in [-0.39, 0.29) is 0 Å². The second-order valence-corrected chi connectivity index (χ2v) is 8.55. The average molecular weight is 273 g/mol. The molecule has 3 nitrogen and oxygen atoms in total. The zero-order chi connectivity index (χ0) is 13.6. The molecule has 1 aliphatic heterocycles. The molecule has 1 heterocycles. The number of hydrogen-bond donors (Lipinski definition) is 0. The minimum Gasteiger partial charge on any atom is -0.302 e. The predicted molar refractivity (Wildman–Crippen MR) is 77.6 cm³/mol. The third-order valence-corrected chi connectivity index (χ3v) is 6.54. The monoisotopic (exact) mass is 273 g/mol. The van der Waals surface area contributed by atoms with Gasteiger partial charge in [-0.2, -0.15) is 0 Å². The van der Waals surface area contributed by atoms with E-state index in [2.05, 4.69) is 11.5 Å². The first-order valence-corrected chi connectivity index (χ1v) is 8.60. The highest BCUT2D eigenvalue weighted by atomic mass is 32.2. The van der Waals surface area contributed by atoms with Crippen LogP contribution in [0.3, 0.4) is 0 Å². The lowest BCUT2D eigenvalue weighted by molar-refractivity contribution is 0.277. The second-order valence-electron chi connectivity index (χ2n) is 5.81. The van der Waals surface area contributed by atoms with Crippen LogP contribution in [0.2, 0.25) is 0 Å². The number of hydrogen-bond acceptors (Lipinski definition) is 3. The van der Waals surface area contributed by atoms with Crippen molar-refractivity contribution >= 4 is 9.84 Å². The summed E-state index contributed by atoms with van der Waals surface area (Å²) in [6, 6.07) is 0. The smallest absolute Gasteiger partial charge is 0.156 e. The van der Waals surface area contributed by atoms with Gasteiger partial charge in [0, 0.05) is 6.54 Å². The maximum atomic E-state index is 12.0. The average Bonchev–Trinajstić information content (AvgIpc) is 2.39. The number of allylic oxidation sites excluding steroid dienone is 1. The number of unbranched alkanes of at least 4 members (excludes halogenated alkanes) is 3. The predicted octanol–water partition coefficient (Wildman–Crippen LogP) is 2.63. The zero-order valence-corrected chi connectivity index (χ0v) is 12.6. The van der Waals surface area contributed by atoms with E-state index < -0.39 is 14.6 Å². The Morgan fingerprint density at radius 2 is 1.94 bits per heavy atom. The van der Waals surface area contributed by atoms with Crippen LogP contribution in [0, 0.1) is 0 Å². The summed E-state index contributed by atoms with van der Waals surface area (Å²) in [5, 5.41) is 0. The zero-order valence-electron chi connectivity index (χ0n) is 11.8. The highest BCUT2D eigenvalue weighted by Gasteiger charge is 2.36. The Kier molecular flexibility index (Phi) is 5.86. The molecular weight excluding hydrogens is 246 g/mol. The minimum absolute atomic E-state index is 0.312. The molecule has 0 aromatic heterocycles. The molecule has 0 aromatic carbocycles. The van der Waals surface area contributed by atoms with Crippen LogP contribution in [0.15, 0.2) is 12.7 Å². The Morgan fingerprint density at radius 1 is 1.22 bits per heavy atom. The molecule has 0 unspecified atom stereocenters. The normalized spacial score (nSPS) is 23.4. The molecule has 0 atom stereocenters. The molecule has 0 aliphatic carbocycles. The molecule has 0 saturated carbocycles. The lowest BCUT2D eigenvalue weighted by Gasteiger charge is -2.22. The molecular formula is C14H27NO2S. The van der Waals surface area contributed by atoms with E-state index in [1.165, 1.54) is 12.8 Å². The Balaban J connectivity index is 2.36. The van der Waals surface area contributed by atoms with E-state index in [0.29, 0.717) is 12.3 Å². The molecule has 0 N–H and O–H groups in total. The lowest BCUT2D eigenvalue weighted by atomic mass is 10.1. The maximum Gasteiger partial charge on any atom is 0.156 e. The van der Waals surface area contributed by atoms with Gasteiger partial charge in [0.1, 0.15) is 0 Å². The van der Waals surface area contributed by atoms with Crippen LogP contribution in [0.1, 0.15) is 46.0 Å². The lowest BCUT2D eigenvalue weighted by Crippen LogP contribution is -2.33. The fourth-order valence-electron chi connectivity index (χ4n) is 2.24. The van der Waals surface area contributed by atoms with Crippen molar-refractivity contribution in [1.82, 2.24) is 4.90 Å². The quantitative estimate of drug-likeness (QED) is 0.551. The van der Waals surface area contributed by atoms with Crippen LogP contribution in [-0.2, 0) is 9.84 Å². The third kappa shape index (κ3) is 4.39. The Hall–Kier alpha value is -0.350. The van der Waals surface area contributed by atoms with Gasteiger partial charge in [-0.1, -0.05) is 12.5 Å². The second kappa shape index (κ2) is 6.71. The first-order valence-electron chi connectivity index (χ1n) is 6.94. The highest BCUT2D eigenvalue weighted by molar-refractivity contribution is 7.92. The first-order chi connectivity index (χ1) is 8.39. The summed E-state index contributed by atoms with van der Waals surface area (Å²) in [5.41, 5.74) is 0. The van der Waals surface area contributed by atoms with E-state index in [1.807, 2.05) is 19.9 Å². The van der Waals surface area contributed by atoms with Crippen molar-refractivity contribution < 1.29 is 8.42 Å². The molecule has 1 aliphatic rings. The highest BCUT2D eigenvalue weighted by Crippen LogP contribution is 2.25. The largest absolute Gasteiger partial charge is 0.302 e. The summed E-state index contributed by atoms with van der Waals surface area (Å²) in [4.78, 5) is 2.31. The van der Waals surface area contributed by atoms with Crippen molar-refractivity contribution in [2.24, 2.45) is 0 Å². The van der Waals surface area contributed by atoms with E-state index in [9.17, 15) is 8.42 Å². The maximum absolute atomic E-state index is 12.0. The SMILES string of the molecule is C=CCCCCCN1CCC(C)(C)S(=O)(=O)CC1. The molecule has 1 fully saturated rings. The Labute approximate surface area is 112 Å². The van der Waals surface area contributed by atoms with Crippen LogP contribution >= 0.6 is 0 Å². The van der Waals surface area contributed by atoms with Gasteiger partial charge in [0.2, 0.25) is 0 Å².